The van der Waals surface area contributed by atoms with Crippen molar-refractivity contribution in [2.24, 2.45) is 4.99 Å². The molecule has 1 aromatic carbocycles. The lowest BCUT2D eigenvalue weighted by molar-refractivity contribution is 0.0946. The van der Waals surface area contributed by atoms with Crippen LogP contribution in [-0.4, -0.2) is 30.5 Å². The van der Waals surface area contributed by atoms with Crippen molar-refractivity contribution in [2.75, 3.05) is 19.4 Å². The standard InChI is InChI=1S/C14H14N2O3S/c1-18-8-10-9-4-2-3-5-11(9)19-12(10)13(17)16-14-15-6-7-20-14/h2-5H,6-8H2,1H3,(H,15,16,17). The van der Waals surface area contributed by atoms with Gasteiger partial charge in [0.2, 0.25) is 0 Å². The zero-order valence-corrected chi connectivity index (χ0v) is 11.8. The highest BCUT2D eigenvalue weighted by Gasteiger charge is 2.22. The van der Waals surface area contributed by atoms with Crippen molar-refractivity contribution in [3.63, 3.8) is 0 Å². The highest BCUT2D eigenvalue weighted by molar-refractivity contribution is 8.14. The Labute approximate surface area is 120 Å². The van der Waals surface area contributed by atoms with E-state index in [1.165, 1.54) is 11.8 Å². The van der Waals surface area contributed by atoms with Crippen LogP contribution in [0, 0.1) is 0 Å². The van der Waals surface area contributed by atoms with Crippen LogP contribution in [0.1, 0.15) is 16.1 Å². The molecule has 1 aliphatic heterocycles. The van der Waals surface area contributed by atoms with Gasteiger partial charge in [-0.3, -0.25) is 15.1 Å². The van der Waals surface area contributed by atoms with Gasteiger partial charge in [0.05, 0.1) is 13.2 Å². The Morgan fingerprint density at radius 3 is 3.10 bits per heavy atom. The lowest BCUT2D eigenvalue weighted by Gasteiger charge is -2.03. The maximum absolute atomic E-state index is 12.3. The highest BCUT2D eigenvalue weighted by Crippen LogP contribution is 2.26. The number of thioether (sulfide) groups is 1. The molecule has 0 atom stereocenters. The van der Waals surface area contributed by atoms with Crippen LogP contribution in [0.4, 0.5) is 0 Å². The molecule has 104 valence electrons. The van der Waals surface area contributed by atoms with E-state index < -0.39 is 0 Å². The van der Waals surface area contributed by atoms with E-state index in [0.717, 1.165) is 23.2 Å². The van der Waals surface area contributed by atoms with Crippen molar-refractivity contribution in [3.05, 3.63) is 35.6 Å². The number of aliphatic imine (C=N–C) groups is 1. The first-order valence-corrected chi connectivity index (χ1v) is 7.26. The van der Waals surface area contributed by atoms with Crippen LogP contribution >= 0.6 is 11.8 Å². The minimum Gasteiger partial charge on any atom is -0.451 e. The maximum Gasteiger partial charge on any atom is 0.293 e. The number of benzene rings is 1. The third-order valence-corrected chi connectivity index (χ3v) is 3.89. The van der Waals surface area contributed by atoms with Gasteiger partial charge in [0.25, 0.3) is 5.91 Å². The Morgan fingerprint density at radius 2 is 2.35 bits per heavy atom. The third-order valence-electron chi connectivity index (χ3n) is 3.00. The molecule has 2 heterocycles. The van der Waals surface area contributed by atoms with Crippen molar-refractivity contribution in [1.29, 1.82) is 0 Å². The summed E-state index contributed by atoms with van der Waals surface area (Å²) in [5.41, 5.74) is 1.45. The number of amidine groups is 1. The fourth-order valence-electron chi connectivity index (χ4n) is 2.13. The fourth-order valence-corrected chi connectivity index (χ4v) is 2.86. The zero-order valence-electron chi connectivity index (χ0n) is 11.0. The lowest BCUT2D eigenvalue weighted by Crippen LogP contribution is -2.27. The van der Waals surface area contributed by atoms with Gasteiger partial charge in [-0.2, -0.15) is 0 Å². The molecule has 0 radical (unpaired) electrons. The molecule has 1 aromatic heterocycles. The van der Waals surface area contributed by atoms with E-state index in [1.807, 2.05) is 24.3 Å². The number of amides is 1. The van der Waals surface area contributed by atoms with E-state index in [-0.39, 0.29) is 5.91 Å². The molecule has 5 nitrogen and oxygen atoms in total. The van der Waals surface area contributed by atoms with Crippen molar-refractivity contribution in [2.45, 2.75) is 6.61 Å². The largest absolute Gasteiger partial charge is 0.451 e. The number of rotatable bonds is 3. The van der Waals surface area contributed by atoms with E-state index >= 15 is 0 Å². The van der Waals surface area contributed by atoms with Crippen LogP contribution in [0.15, 0.2) is 33.7 Å². The van der Waals surface area contributed by atoms with Crippen molar-refractivity contribution >= 4 is 33.8 Å². The van der Waals surface area contributed by atoms with Gasteiger partial charge in [0.15, 0.2) is 10.9 Å². The molecule has 0 fully saturated rings. The summed E-state index contributed by atoms with van der Waals surface area (Å²) in [6.45, 7) is 1.07. The summed E-state index contributed by atoms with van der Waals surface area (Å²) in [4.78, 5) is 16.5. The first kappa shape index (κ1) is 13.2. The molecular formula is C14H14N2O3S. The molecule has 0 spiro atoms. The molecule has 0 saturated carbocycles. The summed E-state index contributed by atoms with van der Waals surface area (Å²) in [6.07, 6.45) is 0. The van der Waals surface area contributed by atoms with Gasteiger partial charge < -0.3 is 9.15 Å². The number of furan rings is 1. The summed E-state index contributed by atoms with van der Waals surface area (Å²) >= 11 is 1.54. The van der Waals surface area contributed by atoms with E-state index in [4.69, 9.17) is 9.15 Å². The number of nitrogens with one attached hydrogen (secondary N) is 1. The van der Waals surface area contributed by atoms with Gasteiger partial charge in [-0.15, -0.1) is 0 Å². The predicted octanol–water partition coefficient (Wildman–Crippen LogP) is 2.41. The van der Waals surface area contributed by atoms with Crippen LogP contribution < -0.4 is 5.32 Å². The number of para-hydroxylation sites is 1. The number of fused-ring (bicyclic) bond motifs is 1. The topological polar surface area (TPSA) is 63.8 Å². The highest BCUT2D eigenvalue weighted by atomic mass is 32.2. The van der Waals surface area contributed by atoms with Crippen LogP contribution in [0.2, 0.25) is 0 Å². The second kappa shape index (κ2) is 5.68. The molecule has 0 saturated heterocycles. The van der Waals surface area contributed by atoms with Crippen LogP contribution in [0.25, 0.3) is 11.0 Å². The summed E-state index contributed by atoms with van der Waals surface area (Å²) in [6, 6.07) is 7.55. The minimum atomic E-state index is -0.276. The molecule has 0 unspecified atom stereocenters. The smallest absolute Gasteiger partial charge is 0.293 e. The van der Waals surface area contributed by atoms with Gasteiger partial charge in [-0.05, 0) is 6.07 Å². The molecule has 1 amide bonds. The molecule has 1 N–H and O–H groups in total. The zero-order chi connectivity index (χ0) is 13.9. The molecular weight excluding hydrogens is 276 g/mol. The van der Waals surface area contributed by atoms with Crippen LogP contribution in [0.3, 0.4) is 0 Å². The quantitative estimate of drug-likeness (QED) is 0.943. The van der Waals surface area contributed by atoms with Gasteiger partial charge >= 0.3 is 0 Å². The third kappa shape index (κ3) is 2.44. The number of methoxy groups -OCH3 is 1. The van der Waals surface area contributed by atoms with Crippen LogP contribution in [-0.2, 0) is 11.3 Å². The number of hydrogen-bond acceptors (Lipinski definition) is 5. The Hall–Kier alpha value is -1.79. The van der Waals surface area contributed by atoms with Crippen molar-refractivity contribution in [3.8, 4) is 0 Å². The number of hydrogen-bond donors (Lipinski definition) is 1. The fraction of sp³-hybridized carbons (Fsp3) is 0.286. The van der Waals surface area contributed by atoms with E-state index in [0.29, 0.717) is 23.1 Å². The summed E-state index contributed by atoms with van der Waals surface area (Å²) in [7, 11) is 1.60. The van der Waals surface area contributed by atoms with Gasteiger partial charge in [0.1, 0.15) is 5.58 Å². The number of nitrogens with zero attached hydrogens (tertiary/aromatic N) is 1. The first-order chi connectivity index (χ1) is 9.79. The normalized spacial score (nSPS) is 14.6. The van der Waals surface area contributed by atoms with Gasteiger partial charge in [0, 0.05) is 23.8 Å². The molecule has 20 heavy (non-hydrogen) atoms. The molecule has 0 aliphatic carbocycles. The van der Waals surface area contributed by atoms with Gasteiger partial charge in [-0.1, -0.05) is 30.0 Å². The lowest BCUT2D eigenvalue weighted by atomic mass is 10.1. The van der Waals surface area contributed by atoms with E-state index in [9.17, 15) is 4.79 Å². The Kier molecular flexibility index (Phi) is 3.75. The molecule has 3 rings (SSSR count). The Morgan fingerprint density at radius 1 is 1.50 bits per heavy atom. The minimum absolute atomic E-state index is 0.276. The summed E-state index contributed by atoms with van der Waals surface area (Å²) in [5.74, 6) is 0.922. The van der Waals surface area contributed by atoms with Crippen molar-refractivity contribution in [1.82, 2.24) is 5.32 Å². The Bertz CT molecular complexity index is 678. The van der Waals surface area contributed by atoms with Gasteiger partial charge in [-0.25, -0.2) is 0 Å². The first-order valence-electron chi connectivity index (χ1n) is 6.27. The second-order valence-electron chi connectivity index (χ2n) is 4.33. The SMILES string of the molecule is COCc1c(C(=O)NC2=NCCS2)oc2ccccc12. The van der Waals surface area contributed by atoms with E-state index in [2.05, 4.69) is 10.3 Å². The monoisotopic (exact) mass is 290 g/mol. The summed E-state index contributed by atoms with van der Waals surface area (Å²) < 4.78 is 10.8. The average molecular weight is 290 g/mol. The number of ether oxygens (including phenoxy) is 1. The average Bonchev–Trinajstić information content (AvgIpc) is 3.07. The van der Waals surface area contributed by atoms with Crippen LogP contribution in [0.5, 0.6) is 0 Å². The second-order valence-corrected chi connectivity index (χ2v) is 5.41. The molecule has 2 aromatic rings. The van der Waals surface area contributed by atoms with Crippen molar-refractivity contribution < 1.29 is 13.9 Å². The maximum atomic E-state index is 12.3. The Balaban J connectivity index is 1.96. The molecule has 1 aliphatic rings. The molecule has 0 bridgehead atoms. The summed E-state index contributed by atoms with van der Waals surface area (Å²) in [5, 5.41) is 4.33. The predicted molar refractivity (Wildman–Crippen MR) is 79.2 cm³/mol. The number of carbonyl (C=O) groups is 1. The molecule has 6 heteroatoms. The van der Waals surface area contributed by atoms with E-state index in [1.54, 1.807) is 7.11 Å². The number of carbonyl (C=O) groups excluding carboxylic acids is 1.